The molecule has 1 heterocycles. The number of carbonyl (C=O) groups is 1. The van der Waals surface area contributed by atoms with Crippen LogP contribution in [-0.4, -0.2) is 12.5 Å². The fourth-order valence-corrected chi connectivity index (χ4v) is 1.79. The van der Waals surface area contributed by atoms with E-state index < -0.39 is 0 Å². The first kappa shape index (κ1) is 11.0. The molecule has 78 valence electrons. The summed E-state index contributed by atoms with van der Waals surface area (Å²) < 4.78 is 0. The number of piperidine rings is 1. The molecule has 0 radical (unpaired) electrons. The highest BCUT2D eigenvalue weighted by Crippen LogP contribution is 2.18. The van der Waals surface area contributed by atoms with Gasteiger partial charge in [-0.1, -0.05) is 24.8 Å². The molecule has 2 heteroatoms. The minimum atomic E-state index is 0.254. The van der Waals surface area contributed by atoms with Crippen LogP contribution < -0.4 is 5.32 Å². The van der Waals surface area contributed by atoms with Crippen molar-refractivity contribution in [3.63, 3.8) is 0 Å². The van der Waals surface area contributed by atoms with Crippen LogP contribution in [-0.2, 0) is 4.79 Å². The molecule has 1 aliphatic rings. The summed E-state index contributed by atoms with van der Waals surface area (Å²) in [5.41, 5.74) is 0. The fourth-order valence-electron chi connectivity index (χ4n) is 1.79. The minimum absolute atomic E-state index is 0.254. The van der Waals surface area contributed by atoms with Crippen molar-refractivity contribution in [1.29, 1.82) is 0 Å². The van der Waals surface area contributed by atoms with E-state index in [0.717, 1.165) is 38.6 Å². The van der Waals surface area contributed by atoms with E-state index in [1.165, 1.54) is 0 Å². The van der Waals surface area contributed by atoms with Crippen LogP contribution in [0.25, 0.3) is 0 Å². The Morgan fingerprint density at radius 2 is 2.43 bits per heavy atom. The summed E-state index contributed by atoms with van der Waals surface area (Å²) in [7, 11) is 0. The minimum Gasteiger partial charge on any atom is -0.356 e. The first-order valence-corrected chi connectivity index (χ1v) is 5.40. The van der Waals surface area contributed by atoms with Crippen LogP contribution in [0.15, 0.2) is 24.8 Å². The van der Waals surface area contributed by atoms with Gasteiger partial charge in [0.15, 0.2) is 0 Å². The van der Waals surface area contributed by atoms with Crippen LogP contribution in [0, 0.1) is 5.92 Å². The molecule has 0 spiro atoms. The van der Waals surface area contributed by atoms with Crippen LogP contribution in [0.3, 0.4) is 0 Å². The van der Waals surface area contributed by atoms with Gasteiger partial charge in [0.05, 0.1) is 0 Å². The molecule has 1 aliphatic heterocycles. The summed E-state index contributed by atoms with van der Waals surface area (Å²) in [6, 6.07) is 0. The zero-order chi connectivity index (χ0) is 10.2. The number of allylic oxidation sites excluding steroid dienone is 3. The standard InChI is InChI=1S/C12H19NO/c1-2-3-4-5-6-8-11-9-7-10-13-12(11)14/h2-4,11H,1,5-10H2,(H,13,14)/b4-3+. The topological polar surface area (TPSA) is 29.1 Å². The highest BCUT2D eigenvalue weighted by Gasteiger charge is 2.20. The van der Waals surface area contributed by atoms with E-state index in [1.54, 1.807) is 6.08 Å². The van der Waals surface area contributed by atoms with Gasteiger partial charge in [0.25, 0.3) is 0 Å². The van der Waals surface area contributed by atoms with Gasteiger partial charge >= 0.3 is 0 Å². The van der Waals surface area contributed by atoms with Crippen molar-refractivity contribution in [3.05, 3.63) is 24.8 Å². The predicted octanol–water partition coefficient (Wildman–Crippen LogP) is 2.43. The summed E-state index contributed by atoms with van der Waals surface area (Å²) in [6.45, 7) is 4.48. The third-order valence-corrected chi connectivity index (χ3v) is 2.59. The molecule has 0 saturated carbocycles. The van der Waals surface area contributed by atoms with Crippen molar-refractivity contribution in [3.8, 4) is 0 Å². The Labute approximate surface area is 86.1 Å². The summed E-state index contributed by atoms with van der Waals surface area (Å²) in [6.07, 6.45) is 11.2. The lowest BCUT2D eigenvalue weighted by Crippen LogP contribution is -2.36. The second kappa shape index (κ2) is 6.41. The smallest absolute Gasteiger partial charge is 0.223 e. The lowest BCUT2D eigenvalue weighted by Gasteiger charge is -2.21. The Bertz CT molecular complexity index is 220. The van der Waals surface area contributed by atoms with Gasteiger partial charge in [0.1, 0.15) is 0 Å². The lowest BCUT2D eigenvalue weighted by molar-refractivity contribution is -0.126. The van der Waals surface area contributed by atoms with E-state index in [4.69, 9.17) is 0 Å². The predicted molar refractivity (Wildman–Crippen MR) is 58.9 cm³/mol. The number of hydrogen-bond donors (Lipinski definition) is 1. The average Bonchev–Trinajstić information content (AvgIpc) is 2.20. The maximum atomic E-state index is 11.4. The molecule has 1 amide bonds. The lowest BCUT2D eigenvalue weighted by atomic mass is 9.93. The Balaban J connectivity index is 2.13. The molecule has 1 atom stereocenters. The van der Waals surface area contributed by atoms with Crippen LogP contribution in [0.5, 0.6) is 0 Å². The van der Waals surface area contributed by atoms with Gasteiger partial charge < -0.3 is 5.32 Å². The molecule has 1 fully saturated rings. The van der Waals surface area contributed by atoms with Crippen LogP contribution in [0.2, 0.25) is 0 Å². The highest BCUT2D eigenvalue weighted by atomic mass is 16.1. The van der Waals surface area contributed by atoms with Crippen molar-refractivity contribution in [1.82, 2.24) is 5.32 Å². The molecular formula is C12H19NO. The third kappa shape index (κ3) is 3.77. The van der Waals surface area contributed by atoms with E-state index >= 15 is 0 Å². The van der Waals surface area contributed by atoms with Gasteiger partial charge in [-0.2, -0.15) is 0 Å². The highest BCUT2D eigenvalue weighted by molar-refractivity contribution is 5.79. The van der Waals surface area contributed by atoms with E-state index in [1.807, 2.05) is 6.08 Å². The first-order valence-electron chi connectivity index (χ1n) is 5.40. The van der Waals surface area contributed by atoms with Crippen molar-refractivity contribution in [2.75, 3.05) is 6.54 Å². The number of amides is 1. The number of carbonyl (C=O) groups excluding carboxylic acids is 1. The van der Waals surface area contributed by atoms with E-state index in [2.05, 4.69) is 18.0 Å². The van der Waals surface area contributed by atoms with Gasteiger partial charge in [-0.05, 0) is 32.1 Å². The third-order valence-electron chi connectivity index (χ3n) is 2.59. The van der Waals surface area contributed by atoms with Crippen molar-refractivity contribution >= 4 is 5.91 Å². The van der Waals surface area contributed by atoms with Crippen molar-refractivity contribution in [2.24, 2.45) is 5.92 Å². The Kier molecular flexibility index (Phi) is 5.05. The molecule has 2 nitrogen and oxygen atoms in total. The Morgan fingerprint density at radius 1 is 1.57 bits per heavy atom. The first-order chi connectivity index (χ1) is 6.84. The zero-order valence-corrected chi connectivity index (χ0v) is 8.67. The Hall–Kier alpha value is -1.05. The average molecular weight is 193 g/mol. The van der Waals surface area contributed by atoms with Gasteiger partial charge in [-0.25, -0.2) is 0 Å². The van der Waals surface area contributed by atoms with Gasteiger partial charge in [0, 0.05) is 12.5 Å². The van der Waals surface area contributed by atoms with Gasteiger partial charge in [0.2, 0.25) is 5.91 Å². The maximum Gasteiger partial charge on any atom is 0.223 e. The Morgan fingerprint density at radius 3 is 3.14 bits per heavy atom. The van der Waals surface area contributed by atoms with Gasteiger partial charge in [-0.3, -0.25) is 4.79 Å². The van der Waals surface area contributed by atoms with Crippen LogP contribution in [0.1, 0.15) is 32.1 Å². The molecule has 0 aromatic carbocycles. The molecule has 0 bridgehead atoms. The van der Waals surface area contributed by atoms with Crippen molar-refractivity contribution in [2.45, 2.75) is 32.1 Å². The SMILES string of the molecule is C=C/C=C/CCCC1CCCNC1=O. The summed E-state index contributed by atoms with van der Waals surface area (Å²) in [4.78, 5) is 11.4. The van der Waals surface area contributed by atoms with Crippen LogP contribution in [0.4, 0.5) is 0 Å². The summed E-state index contributed by atoms with van der Waals surface area (Å²) in [5.74, 6) is 0.518. The molecule has 1 rings (SSSR count). The largest absolute Gasteiger partial charge is 0.356 e. The van der Waals surface area contributed by atoms with E-state index in [0.29, 0.717) is 0 Å². The van der Waals surface area contributed by atoms with Crippen molar-refractivity contribution < 1.29 is 4.79 Å². The second-order valence-electron chi connectivity index (χ2n) is 3.72. The number of hydrogen-bond acceptors (Lipinski definition) is 1. The molecule has 14 heavy (non-hydrogen) atoms. The number of nitrogens with one attached hydrogen (secondary N) is 1. The monoisotopic (exact) mass is 193 g/mol. The number of rotatable bonds is 5. The molecule has 0 aliphatic carbocycles. The van der Waals surface area contributed by atoms with E-state index in [9.17, 15) is 4.79 Å². The summed E-state index contributed by atoms with van der Waals surface area (Å²) in [5, 5.41) is 2.91. The molecule has 1 N–H and O–H groups in total. The second-order valence-corrected chi connectivity index (χ2v) is 3.72. The quantitative estimate of drug-likeness (QED) is 0.527. The van der Waals surface area contributed by atoms with Crippen LogP contribution >= 0.6 is 0 Å². The van der Waals surface area contributed by atoms with E-state index in [-0.39, 0.29) is 11.8 Å². The van der Waals surface area contributed by atoms with Gasteiger partial charge in [-0.15, -0.1) is 0 Å². The summed E-state index contributed by atoms with van der Waals surface area (Å²) >= 11 is 0. The normalized spacial score (nSPS) is 22.3. The zero-order valence-electron chi connectivity index (χ0n) is 8.67. The maximum absolute atomic E-state index is 11.4. The molecule has 0 aromatic heterocycles. The fraction of sp³-hybridized carbons (Fsp3) is 0.583. The molecule has 1 unspecified atom stereocenters. The molecular weight excluding hydrogens is 174 g/mol. The molecule has 0 aromatic rings. The molecule has 1 saturated heterocycles. The number of unbranched alkanes of at least 4 members (excludes halogenated alkanes) is 1.